The molecule has 1 saturated heterocycles. The number of nitrogens with one attached hydrogen (secondary N) is 5. The van der Waals surface area contributed by atoms with Gasteiger partial charge in [0.25, 0.3) is 0 Å². The summed E-state index contributed by atoms with van der Waals surface area (Å²) < 4.78 is 11.6. The van der Waals surface area contributed by atoms with E-state index in [1.165, 1.54) is 6.92 Å². The van der Waals surface area contributed by atoms with Crippen LogP contribution in [0.1, 0.15) is 64.0 Å². The third-order valence-electron chi connectivity index (χ3n) is 8.98. The molecule has 5 amide bonds. The number of benzene rings is 2. The molecule has 2 fully saturated rings. The van der Waals surface area contributed by atoms with Gasteiger partial charge < -0.3 is 36.1 Å². The van der Waals surface area contributed by atoms with E-state index in [0.29, 0.717) is 38.0 Å². The first-order valence-electron chi connectivity index (χ1n) is 16.9. The number of carbonyl (C=O) groups excluding carboxylic acids is 5. The summed E-state index contributed by atoms with van der Waals surface area (Å²) in [5.74, 6) is -1.43. The molecule has 3 heterocycles. The minimum absolute atomic E-state index is 0.167. The van der Waals surface area contributed by atoms with Crippen molar-refractivity contribution in [1.29, 1.82) is 0 Å². The molecule has 6 rings (SSSR count). The van der Waals surface area contributed by atoms with Crippen LogP contribution in [0.3, 0.4) is 0 Å². The molecule has 3 aliphatic heterocycles. The van der Waals surface area contributed by atoms with Crippen LogP contribution in [-0.2, 0) is 41.6 Å². The fourth-order valence-corrected chi connectivity index (χ4v) is 6.07. The molecule has 12 nitrogen and oxygen atoms in total. The minimum atomic E-state index is -1.19. The first kappa shape index (κ1) is 34.9. The molecule has 5 atom stereocenters. The van der Waals surface area contributed by atoms with Crippen molar-refractivity contribution in [3.05, 3.63) is 65.7 Å². The second kappa shape index (κ2) is 15.6. The molecular weight excluding hydrogens is 614 g/mol. The summed E-state index contributed by atoms with van der Waals surface area (Å²) in [5.41, 5.74) is 0.447. The highest BCUT2D eigenvalue weighted by molar-refractivity contribution is 5.99. The van der Waals surface area contributed by atoms with Crippen LogP contribution in [-0.4, -0.2) is 78.6 Å². The lowest BCUT2D eigenvalue weighted by Crippen LogP contribution is -2.60. The van der Waals surface area contributed by atoms with E-state index in [4.69, 9.17) is 9.47 Å². The van der Waals surface area contributed by atoms with Crippen LogP contribution in [0.25, 0.3) is 0 Å². The lowest BCUT2D eigenvalue weighted by molar-refractivity contribution is -0.136. The molecule has 1 spiro atoms. The predicted octanol–water partition coefficient (Wildman–Crippen LogP) is 1.70. The smallest absolute Gasteiger partial charge is 0.249 e. The molecule has 2 aromatic rings. The standard InChI is InChI=1S/C36H47N5O7/c1-22(2)18-26-21-48-27-13-11-25(12-14-27)20-28(39-34(45)30-10-7-17-47-30)32(43)37-23(3)31(42)41-36(15-16-36)35(46)40-29(33(44)38-26)19-24-8-5-4-6-9-24/h4-6,8-9,11-14,22-23,26,28-30H,7,10,15-21H2,1-3H3,(H,37,43)(H,38,44)(H,39,45)(H,40,46)(H,41,42)/t23-,26+,28+,29-,30-/m1/s1. The average Bonchev–Trinajstić information content (AvgIpc) is 3.62. The molecule has 4 aliphatic rings. The van der Waals surface area contributed by atoms with Crippen molar-refractivity contribution in [2.75, 3.05) is 13.2 Å². The summed E-state index contributed by atoms with van der Waals surface area (Å²) in [6.45, 7) is 6.34. The molecule has 258 valence electrons. The summed E-state index contributed by atoms with van der Waals surface area (Å²) >= 11 is 0. The molecule has 1 saturated carbocycles. The van der Waals surface area contributed by atoms with E-state index in [1.54, 1.807) is 12.1 Å². The molecule has 0 unspecified atom stereocenters. The molecule has 5 N–H and O–H groups in total. The summed E-state index contributed by atoms with van der Waals surface area (Å²) in [4.78, 5) is 67.3. The number of hydrogen-bond acceptors (Lipinski definition) is 7. The van der Waals surface area contributed by atoms with Gasteiger partial charge >= 0.3 is 0 Å². The van der Waals surface area contributed by atoms with Gasteiger partial charge in [-0.3, -0.25) is 24.0 Å². The van der Waals surface area contributed by atoms with E-state index in [9.17, 15) is 24.0 Å². The van der Waals surface area contributed by atoms with Gasteiger partial charge in [0.05, 0.1) is 6.04 Å². The highest BCUT2D eigenvalue weighted by Crippen LogP contribution is 2.36. The molecule has 2 aromatic carbocycles. The topological polar surface area (TPSA) is 164 Å². The van der Waals surface area contributed by atoms with E-state index < -0.39 is 47.5 Å². The molecule has 12 heteroatoms. The van der Waals surface area contributed by atoms with Crippen molar-refractivity contribution in [2.45, 2.75) is 102 Å². The van der Waals surface area contributed by atoms with E-state index in [2.05, 4.69) is 40.4 Å². The first-order valence-corrected chi connectivity index (χ1v) is 16.9. The number of hydrogen-bond donors (Lipinski definition) is 5. The van der Waals surface area contributed by atoms with Crippen LogP contribution in [0.5, 0.6) is 5.75 Å². The molecule has 2 bridgehead atoms. The zero-order valence-corrected chi connectivity index (χ0v) is 27.9. The highest BCUT2D eigenvalue weighted by Gasteiger charge is 2.52. The van der Waals surface area contributed by atoms with Gasteiger partial charge in [-0.2, -0.15) is 0 Å². The quantitative estimate of drug-likeness (QED) is 0.294. The van der Waals surface area contributed by atoms with Crippen molar-refractivity contribution in [1.82, 2.24) is 26.6 Å². The maximum absolute atomic E-state index is 13.8. The number of rotatable bonds is 6. The van der Waals surface area contributed by atoms with Crippen molar-refractivity contribution in [3.8, 4) is 5.75 Å². The fraction of sp³-hybridized carbons (Fsp3) is 0.528. The van der Waals surface area contributed by atoms with Crippen LogP contribution in [0.4, 0.5) is 0 Å². The van der Waals surface area contributed by atoms with Crippen LogP contribution in [0.2, 0.25) is 0 Å². The van der Waals surface area contributed by atoms with Gasteiger partial charge in [-0.1, -0.05) is 56.3 Å². The SMILES string of the molecule is CC(C)C[C@H]1COc2ccc(cc2)C[C@H](NC(=O)[C@H]2CCCO2)C(=O)N[C@H](C)C(=O)NC2(CC2)C(=O)N[C@H](Cc2ccccc2)C(=O)N1. The summed E-state index contributed by atoms with van der Waals surface area (Å²) in [5, 5.41) is 14.4. The summed E-state index contributed by atoms with van der Waals surface area (Å²) in [6, 6.07) is 13.4. The Balaban J connectivity index is 1.41. The monoisotopic (exact) mass is 661 g/mol. The van der Waals surface area contributed by atoms with Gasteiger partial charge in [0, 0.05) is 19.4 Å². The third-order valence-corrected chi connectivity index (χ3v) is 8.98. The zero-order valence-electron chi connectivity index (χ0n) is 27.9. The number of amides is 5. The maximum atomic E-state index is 13.8. The Kier molecular flexibility index (Phi) is 11.4. The van der Waals surface area contributed by atoms with Gasteiger partial charge in [0.2, 0.25) is 29.5 Å². The largest absolute Gasteiger partial charge is 0.491 e. The van der Waals surface area contributed by atoms with Crippen molar-refractivity contribution >= 4 is 29.5 Å². The lowest BCUT2D eigenvalue weighted by atomic mass is 10.0. The molecule has 48 heavy (non-hydrogen) atoms. The second-order valence-electron chi connectivity index (χ2n) is 13.6. The normalized spacial score (nSPS) is 26.5. The molecular formula is C36H47N5O7. The zero-order chi connectivity index (χ0) is 34.3. The molecule has 0 aromatic heterocycles. The number of fused-ring (bicyclic) bond motifs is 15. The van der Waals surface area contributed by atoms with Crippen LogP contribution < -0.4 is 31.3 Å². The Labute approximate surface area is 281 Å². The maximum Gasteiger partial charge on any atom is 0.249 e. The van der Waals surface area contributed by atoms with Gasteiger partial charge in [0.15, 0.2) is 0 Å². The van der Waals surface area contributed by atoms with Gasteiger partial charge in [-0.25, -0.2) is 0 Å². The van der Waals surface area contributed by atoms with Crippen LogP contribution in [0.15, 0.2) is 54.6 Å². The van der Waals surface area contributed by atoms with Gasteiger partial charge in [0.1, 0.15) is 42.1 Å². The van der Waals surface area contributed by atoms with E-state index in [0.717, 1.165) is 17.5 Å². The molecule has 1 aliphatic carbocycles. The average molecular weight is 662 g/mol. The van der Waals surface area contributed by atoms with E-state index in [1.807, 2.05) is 42.5 Å². The predicted molar refractivity (Wildman–Crippen MR) is 178 cm³/mol. The Bertz CT molecular complexity index is 1450. The highest BCUT2D eigenvalue weighted by atomic mass is 16.5. The van der Waals surface area contributed by atoms with Crippen molar-refractivity contribution in [2.24, 2.45) is 5.92 Å². The fourth-order valence-electron chi connectivity index (χ4n) is 6.07. The minimum Gasteiger partial charge on any atom is -0.491 e. The van der Waals surface area contributed by atoms with Crippen molar-refractivity contribution in [3.63, 3.8) is 0 Å². The lowest BCUT2D eigenvalue weighted by Gasteiger charge is -2.27. The first-order chi connectivity index (χ1) is 23.0. The Morgan fingerprint density at radius 2 is 1.67 bits per heavy atom. The van der Waals surface area contributed by atoms with Crippen molar-refractivity contribution < 1.29 is 33.4 Å². The van der Waals surface area contributed by atoms with Crippen LogP contribution >= 0.6 is 0 Å². The number of carbonyl (C=O) groups is 5. The van der Waals surface area contributed by atoms with E-state index in [-0.39, 0.29) is 43.2 Å². The van der Waals surface area contributed by atoms with E-state index >= 15 is 0 Å². The Hall–Kier alpha value is -4.45. The number of ether oxygens (including phenoxy) is 2. The summed E-state index contributed by atoms with van der Waals surface area (Å²) in [7, 11) is 0. The molecule has 0 radical (unpaired) electrons. The Morgan fingerprint density at radius 3 is 2.31 bits per heavy atom. The second-order valence-corrected chi connectivity index (χ2v) is 13.6. The summed E-state index contributed by atoms with van der Waals surface area (Å²) in [6.07, 6.45) is 2.56. The third kappa shape index (κ3) is 9.33. The Morgan fingerprint density at radius 1 is 0.938 bits per heavy atom. The van der Waals surface area contributed by atoms with Gasteiger partial charge in [-0.05, 0) is 68.2 Å². The van der Waals surface area contributed by atoms with Crippen LogP contribution in [0, 0.1) is 5.92 Å². The van der Waals surface area contributed by atoms with Gasteiger partial charge in [-0.15, -0.1) is 0 Å².